The van der Waals surface area contributed by atoms with Gasteiger partial charge in [-0.15, -0.1) is 0 Å². The number of hydrogen-bond acceptors (Lipinski definition) is 2. The Morgan fingerprint density at radius 3 is 2.64 bits per heavy atom. The maximum absolute atomic E-state index is 11.3. The second-order valence-corrected chi connectivity index (χ2v) is 3.68. The highest BCUT2D eigenvalue weighted by Crippen LogP contribution is 2.14. The Bertz CT molecular complexity index is 323. The highest BCUT2D eigenvalue weighted by molar-refractivity contribution is 5.77. The van der Waals surface area contributed by atoms with Gasteiger partial charge in [-0.2, -0.15) is 0 Å². The molecule has 1 amide bonds. The quantitative estimate of drug-likeness (QED) is 0.698. The summed E-state index contributed by atoms with van der Waals surface area (Å²) < 4.78 is 0. The average molecular weight is 190 g/mol. The van der Waals surface area contributed by atoms with Gasteiger partial charge in [0, 0.05) is 12.5 Å². The lowest BCUT2D eigenvalue weighted by molar-refractivity contribution is -0.124. The average Bonchev–Trinajstić information content (AvgIpc) is 2.18. The zero-order valence-corrected chi connectivity index (χ0v) is 8.16. The van der Waals surface area contributed by atoms with Crippen molar-refractivity contribution in [2.45, 2.75) is 25.6 Å². The summed E-state index contributed by atoms with van der Waals surface area (Å²) in [5, 5.41) is 6.24. The molecule has 1 aromatic rings. The molecule has 3 heteroatoms. The highest BCUT2D eigenvalue weighted by atomic mass is 16.2. The molecule has 1 fully saturated rings. The van der Waals surface area contributed by atoms with Crippen molar-refractivity contribution in [3.63, 3.8) is 0 Å². The van der Waals surface area contributed by atoms with Gasteiger partial charge < -0.3 is 5.32 Å². The molecule has 1 aromatic carbocycles. The molecule has 0 saturated carbocycles. The minimum Gasteiger partial charge on any atom is -0.337 e. The summed E-state index contributed by atoms with van der Waals surface area (Å²) >= 11 is 0. The van der Waals surface area contributed by atoms with E-state index >= 15 is 0 Å². The van der Waals surface area contributed by atoms with E-state index < -0.39 is 0 Å². The van der Waals surface area contributed by atoms with Crippen LogP contribution in [-0.2, 0) is 4.79 Å². The van der Waals surface area contributed by atoms with Gasteiger partial charge >= 0.3 is 0 Å². The van der Waals surface area contributed by atoms with Crippen molar-refractivity contribution in [1.29, 1.82) is 0 Å². The van der Waals surface area contributed by atoms with E-state index in [0.717, 1.165) is 5.56 Å². The zero-order valence-electron chi connectivity index (χ0n) is 8.16. The van der Waals surface area contributed by atoms with Crippen LogP contribution >= 0.6 is 0 Å². The van der Waals surface area contributed by atoms with Crippen LogP contribution in [0.5, 0.6) is 0 Å². The monoisotopic (exact) mass is 190 g/mol. The molecule has 0 aliphatic carbocycles. The molecule has 0 radical (unpaired) electrons. The Balaban J connectivity index is 2.15. The van der Waals surface area contributed by atoms with E-state index in [9.17, 15) is 4.79 Å². The molecular weight excluding hydrogens is 176 g/mol. The lowest BCUT2D eigenvalue weighted by Crippen LogP contribution is -2.49. The largest absolute Gasteiger partial charge is 0.337 e. The molecule has 0 spiro atoms. The van der Waals surface area contributed by atoms with Gasteiger partial charge in [-0.3, -0.25) is 10.1 Å². The molecule has 1 saturated heterocycles. The number of carbonyl (C=O) groups excluding carboxylic acids is 1. The Hall–Kier alpha value is -1.35. The van der Waals surface area contributed by atoms with E-state index in [0.29, 0.717) is 6.42 Å². The van der Waals surface area contributed by atoms with Crippen LogP contribution in [0.4, 0.5) is 0 Å². The van der Waals surface area contributed by atoms with Gasteiger partial charge in [0.1, 0.15) is 6.17 Å². The summed E-state index contributed by atoms with van der Waals surface area (Å²) in [7, 11) is 0. The van der Waals surface area contributed by atoms with Crippen LogP contribution in [0.3, 0.4) is 0 Å². The van der Waals surface area contributed by atoms with Gasteiger partial charge in [-0.05, 0) is 12.5 Å². The highest BCUT2D eigenvalue weighted by Gasteiger charge is 2.23. The second-order valence-electron chi connectivity index (χ2n) is 3.68. The molecule has 2 unspecified atom stereocenters. The smallest absolute Gasteiger partial charge is 0.223 e. The van der Waals surface area contributed by atoms with E-state index in [2.05, 4.69) is 10.6 Å². The Kier molecular flexibility index (Phi) is 2.50. The van der Waals surface area contributed by atoms with Gasteiger partial charge in [-0.1, -0.05) is 30.3 Å². The third-order valence-electron chi connectivity index (χ3n) is 2.38. The van der Waals surface area contributed by atoms with Crippen LogP contribution in [0.25, 0.3) is 0 Å². The first-order chi connectivity index (χ1) is 6.75. The van der Waals surface area contributed by atoms with Gasteiger partial charge in [0.25, 0.3) is 0 Å². The van der Waals surface area contributed by atoms with Crippen molar-refractivity contribution >= 4 is 5.91 Å². The summed E-state index contributed by atoms with van der Waals surface area (Å²) in [4.78, 5) is 11.3. The summed E-state index contributed by atoms with van der Waals surface area (Å²) in [5.41, 5.74) is 1.10. The lowest BCUT2D eigenvalue weighted by Gasteiger charge is -2.29. The van der Waals surface area contributed by atoms with E-state index in [-0.39, 0.29) is 18.1 Å². The number of amides is 1. The van der Waals surface area contributed by atoms with Gasteiger partial charge in [-0.25, -0.2) is 0 Å². The van der Waals surface area contributed by atoms with E-state index in [4.69, 9.17) is 0 Å². The number of nitrogens with one attached hydrogen (secondary N) is 2. The SMILES string of the molecule is CC1CC(=O)NC(c2ccccc2)N1. The fraction of sp³-hybridized carbons (Fsp3) is 0.364. The van der Waals surface area contributed by atoms with Crippen molar-refractivity contribution in [2.24, 2.45) is 0 Å². The first kappa shape index (κ1) is 9.21. The zero-order chi connectivity index (χ0) is 9.97. The predicted molar refractivity (Wildman–Crippen MR) is 54.5 cm³/mol. The molecule has 2 rings (SSSR count). The molecule has 74 valence electrons. The van der Waals surface area contributed by atoms with Gasteiger partial charge in [0.2, 0.25) is 5.91 Å². The third-order valence-corrected chi connectivity index (χ3v) is 2.38. The molecule has 3 nitrogen and oxygen atoms in total. The fourth-order valence-corrected chi connectivity index (χ4v) is 1.71. The second kappa shape index (κ2) is 3.80. The standard InChI is InChI=1S/C11H14N2O/c1-8-7-10(14)13-11(12-8)9-5-3-2-4-6-9/h2-6,8,11-12H,7H2,1H3,(H,13,14). The Labute approximate surface area is 83.5 Å². The fourth-order valence-electron chi connectivity index (χ4n) is 1.71. The summed E-state index contributed by atoms with van der Waals surface area (Å²) in [6.45, 7) is 2.02. The summed E-state index contributed by atoms with van der Waals surface area (Å²) in [6, 6.07) is 10.2. The van der Waals surface area contributed by atoms with Crippen LogP contribution in [0, 0.1) is 0 Å². The topological polar surface area (TPSA) is 41.1 Å². The number of benzene rings is 1. The van der Waals surface area contributed by atoms with Crippen LogP contribution < -0.4 is 10.6 Å². The van der Waals surface area contributed by atoms with Crippen molar-refractivity contribution in [1.82, 2.24) is 10.6 Å². The van der Waals surface area contributed by atoms with Crippen LogP contribution in [-0.4, -0.2) is 11.9 Å². The molecule has 1 aliphatic heterocycles. The molecule has 2 N–H and O–H groups in total. The minimum absolute atomic E-state index is 0.0348. The predicted octanol–water partition coefficient (Wildman–Crippen LogP) is 1.18. The lowest BCUT2D eigenvalue weighted by atomic mass is 10.1. The normalized spacial score (nSPS) is 27.1. The van der Waals surface area contributed by atoms with Crippen LogP contribution in [0.15, 0.2) is 30.3 Å². The molecule has 0 aromatic heterocycles. The van der Waals surface area contributed by atoms with E-state index in [1.807, 2.05) is 37.3 Å². The molecule has 14 heavy (non-hydrogen) atoms. The van der Waals surface area contributed by atoms with Gasteiger partial charge in [0.05, 0.1) is 0 Å². The Morgan fingerprint density at radius 2 is 2.00 bits per heavy atom. The number of rotatable bonds is 1. The van der Waals surface area contributed by atoms with Crippen molar-refractivity contribution in [2.75, 3.05) is 0 Å². The maximum Gasteiger partial charge on any atom is 0.223 e. The molecule has 1 heterocycles. The third kappa shape index (κ3) is 1.93. The Morgan fingerprint density at radius 1 is 1.29 bits per heavy atom. The molecule has 1 aliphatic rings. The van der Waals surface area contributed by atoms with Crippen molar-refractivity contribution in [3.05, 3.63) is 35.9 Å². The molecule has 0 bridgehead atoms. The maximum atomic E-state index is 11.3. The summed E-state index contributed by atoms with van der Waals surface area (Å²) in [5.74, 6) is 0.116. The van der Waals surface area contributed by atoms with E-state index in [1.54, 1.807) is 0 Å². The van der Waals surface area contributed by atoms with Crippen LogP contribution in [0.1, 0.15) is 25.1 Å². The first-order valence-electron chi connectivity index (χ1n) is 4.86. The molecule has 2 atom stereocenters. The van der Waals surface area contributed by atoms with Crippen LogP contribution in [0.2, 0.25) is 0 Å². The van der Waals surface area contributed by atoms with E-state index in [1.165, 1.54) is 0 Å². The molecular formula is C11H14N2O. The van der Waals surface area contributed by atoms with Crippen molar-refractivity contribution in [3.8, 4) is 0 Å². The minimum atomic E-state index is -0.0348. The van der Waals surface area contributed by atoms with Crippen molar-refractivity contribution < 1.29 is 4.79 Å². The summed E-state index contributed by atoms with van der Waals surface area (Å²) in [6.07, 6.45) is 0.524. The number of carbonyl (C=O) groups is 1. The first-order valence-corrected chi connectivity index (χ1v) is 4.86. The van der Waals surface area contributed by atoms with Gasteiger partial charge in [0.15, 0.2) is 0 Å². The number of hydrogen-bond donors (Lipinski definition) is 2.